The highest BCUT2D eigenvalue weighted by atomic mass is 16.7. The fourth-order valence-corrected chi connectivity index (χ4v) is 3.49. The van der Waals surface area contributed by atoms with Crippen LogP contribution in [-0.2, 0) is 20.5 Å². The van der Waals surface area contributed by atoms with E-state index < -0.39 is 5.60 Å². The zero-order chi connectivity index (χ0) is 27.0. The molecule has 0 aliphatic carbocycles. The van der Waals surface area contributed by atoms with Crippen LogP contribution in [0.15, 0.2) is 18.2 Å². The predicted octanol–water partition coefficient (Wildman–Crippen LogP) is 6.01. The van der Waals surface area contributed by atoms with Crippen LogP contribution in [0.25, 0.3) is 11.0 Å². The number of H-pyrrole nitrogens is 1. The van der Waals surface area contributed by atoms with Crippen LogP contribution >= 0.6 is 0 Å². The molecule has 8 heteroatoms. The Labute approximate surface area is 213 Å². The largest absolute Gasteiger partial charge is 0.494 e. The van der Waals surface area contributed by atoms with Crippen molar-refractivity contribution in [3.8, 4) is 0 Å². The Balaban J connectivity index is 0.00000145. The molecule has 1 saturated heterocycles. The van der Waals surface area contributed by atoms with Crippen LogP contribution in [0.5, 0.6) is 0 Å². The molecule has 1 amide bonds. The number of aromatic amines is 1. The maximum atomic E-state index is 12.0. The first kappa shape index (κ1) is 31.0. The summed E-state index contributed by atoms with van der Waals surface area (Å²) in [4.78, 5) is 20.1. The lowest BCUT2D eigenvalue weighted by Crippen LogP contribution is -2.40. The number of hydrogen-bond acceptors (Lipinski definition) is 5. The van der Waals surface area contributed by atoms with Gasteiger partial charge in [-0.1, -0.05) is 40.7 Å². The van der Waals surface area contributed by atoms with E-state index in [-0.39, 0.29) is 36.9 Å². The molecule has 3 atom stereocenters. The van der Waals surface area contributed by atoms with E-state index in [9.17, 15) is 4.79 Å². The molecule has 198 valence electrons. The van der Waals surface area contributed by atoms with E-state index in [1.54, 1.807) is 0 Å². The third-order valence-electron chi connectivity index (χ3n) is 5.98. The number of carbonyl (C=O) groups is 1. The van der Waals surface area contributed by atoms with Crippen molar-refractivity contribution in [2.24, 2.45) is 5.92 Å². The molecule has 0 spiro atoms. The van der Waals surface area contributed by atoms with Crippen LogP contribution in [0.2, 0.25) is 0 Å². The lowest BCUT2D eigenvalue weighted by atomic mass is 9.79. The molecule has 7 nitrogen and oxygen atoms in total. The lowest BCUT2D eigenvalue weighted by Gasteiger charge is -2.24. The lowest BCUT2D eigenvalue weighted by molar-refractivity contribution is 0.0492. The van der Waals surface area contributed by atoms with Gasteiger partial charge in [0.25, 0.3) is 0 Å². The molecule has 3 rings (SSSR count). The van der Waals surface area contributed by atoms with Gasteiger partial charge in [0.05, 0.1) is 22.7 Å². The Kier molecular flexibility index (Phi) is 11.8. The van der Waals surface area contributed by atoms with Gasteiger partial charge in [0, 0.05) is 12.5 Å². The average Bonchev–Trinajstić information content (AvgIpc) is 3.32. The second-order valence-electron chi connectivity index (χ2n) is 10.2. The molecule has 0 radical (unpaired) electrons. The monoisotopic (exact) mass is 489 g/mol. The van der Waals surface area contributed by atoms with Gasteiger partial charge in [0.2, 0.25) is 0 Å². The summed E-state index contributed by atoms with van der Waals surface area (Å²) in [5, 5.41) is 2.93. The highest BCUT2D eigenvalue weighted by Gasteiger charge is 2.43. The van der Waals surface area contributed by atoms with Crippen LogP contribution < -0.4 is 10.8 Å². The van der Waals surface area contributed by atoms with Crippen molar-refractivity contribution in [2.75, 3.05) is 0 Å². The van der Waals surface area contributed by atoms with Gasteiger partial charge in [-0.3, -0.25) is 0 Å². The van der Waals surface area contributed by atoms with Crippen molar-refractivity contribution in [1.82, 2.24) is 15.3 Å². The van der Waals surface area contributed by atoms with E-state index >= 15 is 0 Å². The number of alkyl carbamates (subject to hydrolysis) is 1. The quantitative estimate of drug-likeness (QED) is 0.486. The zero-order valence-electron chi connectivity index (χ0n) is 24.0. The number of amides is 1. The van der Waals surface area contributed by atoms with E-state index in [0.717, 1.165) is 35.2 Å². The normalized spacial score (nSPS) is 18.6. The summed E-state index contributed by atoms with van der Waals surface area (Å²) in [6, 6.07) is 6.08. The van der Waals surface area contributed by atoms with Crippen LogP contribution in [0.4, 0.5) is 4.79 Å². The Hall–Kier alpha value is -2.06. The fourth-order valence-electron chi connectivity index (χ4n) is 3.49. The minimum absolute atomic E-state index is 0.00726. The standard InChI is InChI=1S/C23H36BN3O4.2C2H6/c1-14(15(2)25-21(28)29-22(4,5)6)9-12-20-26-18-11-10-17(13-19(18)27-20)24-30-16(3)23(7,8)31-24;2*1-2/h10-11,13-16H,9,12H2,1-8H3,(H,25,28)(H,26,27);2*1-2H3/t14?,15-,16?;;/m1../s1. The number of carbonyl (C=O) groups excluding carboxylic acids is 1. The number of nitrogens with zero attached hydrogens (tertiary/aromatic N) is 1. The minimum atomic E-state index is -0.497. The van der Waals surface area contributed by atoms with Gasteiger partial charge < -0.3 is 24.3 Å². The molecule has 1 aliphatic rings. The molecule has 1 aromatic heterocycles. The number of fused-ring (bicyclic) bond motifs is 1. The SMILES string of the molecule is CC.CC.CC(CCc1nc2ccc(B3OC(C)C(C)(C)O3)cc2[nH]1)[C@@H](C)NC(=O)OC(C)(C)C. The second-order valence-corrected chi connectivity index (χ2v) is 10.2. The first-order valence-electron chi connectivity index (χ1n) is 13.2. The predicted molar refractivity (Wildman–Crippen MR) is 146 cm³/mol. The molecular weight excluding hydrogens is 441 g/mol. The van der Waals surface area contributed by atoms with Crippen LogP contribution in [-0.4, -0.2) is 46.5 Å². The summed E-state index contributed by atoms with van der Waals surface area (Å²) >= 11 is 0. The summed E-state index contributed by atoms with van der Waals surface area (Å²) in [6.07, 6.45) is 1.34. The van der Waals surface area contributed by atoms with E-state index in [0.29, 0.717) is 0 Å². The van der Waals surface area contributed by atoms with Crippen molar-refractivity contribution < 1.29 is 18.8 Å². The topological polar surface area (TPSA) is 85.5 Å². The number of ether oxygens (including phenoxy) is 1. The highest BCUT2D eigenvalue weighted by Crippen LogP contribution is 2.27. The Bertz CT molecular complexity index is 923. The van der Waals surface area contributed by atoms with Gasteiger partial charge in [0.15, 0.2) is 0 Å². The Morgan fingerprint density at radius 3 is 2.40 bits per heavy atom. The van der Waals surface area contributed by atoms with Crippen molar-refractivity contribution in [3.63, 3.8) is 0 Å². The first-order valence-corrected chi connectivity index (χ1v) is 13.2. The zero-order valence-corrected chi connectivity index (χ0v) is 24.0. The molecule has 2 N–H and O–H groups in total. The number of rotatable bonds is 6. The molecule has 1 fully saturated rings. The van der Waals surface area contributed by atoms with Crippen molar-refractivity contribution in [3.05, 3.63) is 24.0 Å². The first-order chi connectivity index (χ1) is 16.3. The van der Waals surface area contributed by atoms with Gasteiger partial charge in [-0.15, -0.1) is 0 Å². The summed E-state index contributed by atoms with van der Waals surface area (Å²) < 4.78 is 17.4. The molecule has 2 aromatic rings. The summed E-state index contributed by atoms with van der Waals surface area (Å²) in [7, 11) is -0.360. The minimum Gasteiger partial charge on any atom is -0.444 e. The molecule has 0 saturated carbocycles. The second kappa shape index (κ2) is 13.3. The molecule has 2 unspecified atom stereocenters. The van der Waals surface area contributed by atoms with Gasteiger partial charge >= 0.3 is 13.2 Å². The average molecular weight is 490 g/mol. The third kappa shape index (κ3) is 9.15. The van der Waals surface area contributed by atoms with Crippen LogP contribution in [0, 0.1) is 5.92 Å². The van der Waals surface area contributed by atoms with Gasteiger partial charge in [0.1, 0.15) is 11.4 Å². The molecule has 2 heterocycles. The maximum absolute atomic E-state index is 12.0. The van der Waals surface area contributed by atoms with E-state index in [1.807, 2.05) is 88.3 Å². The summed E-state index contributed by atoms with van der Waals surface area (Å²) in [5.74, 6) is 1.21. The smallest absolute Gasteiger partial charge is 0.444 e. The highest BCUT2D eigenvalue weighted by molar-refractivity contribution is 6.62. The molecule has 0 bridgehead atoms. The fraction of sp³-hybridized carbons (Fsp3) is 0.704. The van der Waals surface area contributed by atoms with Crippen molar-refractivity contribution in [2.45, 2.75) is 119 Å². The van der Waals surface area contributed by atoms with Gasteiger partial charge in [-0.25, -0.2) is 9.78 Å². The number of aryl methyl sites for hydroxylation is 1. The van der Waals surface area contributed by atoms with Gasteiger partial charge in [-0.2, -0.15) is 0 Å². The third-order valence-corrected chi connectivity index (χ3v) is 5.98. The summed E-state index contributed by atoms with van der Waals surface area (Å²) in [6.45, 7) is 23.8. The van der Waals surface area contributed by atoms with Gasteiger partial charge in [-0.05, 0) is 78.4 Å². The number of aromatic nitrogens is 2. The number of benzene rings is 1. The van der Waals surface area contributed by atoms with Crippen molar-refractivity contribution >= 4 is 29.7 Å². The molecule has 35 heavy (non-hydrogen) atoms. The van der Waals surface area contributed by atoms with Crippen LogP contribution in [0.1, 0.15) is 95.3 Å². The van der Waals surface area contributed by atoms with Crippen LogP contribution in [0.3, 0.4) is 0 Å². The molecular formula is C27H48BN3O4. The molecule has 1 aromatic carbocycles. The van der Waals surface area contributed by atoms with E-state index in [1.165, 1.54) is 0 Å². The van der Waals surface area contributed by atoms with E-state index in [4.69, 9.17) is 19.0 Å². The summed E-state index contributed by atoms with van der Waals surface area (Å²) in [5.41, 5.74) is 2.09. The van der Waals surface area contributed by atoms with Crippen molar-refractivity contribution in [1.29, 1.82) is 0 Å². The number of hydrogen-bond donors (Lipinski definition) is 2. The molecule has 1 aliphatic heterocycles. The Morgan fingerprint density at radius 1 is 1.23 bits per heavy atom. The Morgan fingerprint density at radius 2 is 1.86 bits per heavy atom. The maximum Gasteiger partial charge on any atom is 0.494 e. The number of imidazole rings is 1. The van der Waals surface area contributed by atoms with E-state index in [2.05, 4.69) is 23.3 Å². The number of nitrogens with one attached hydrogen (secondary N) is 2.